The third kappa shape index (κ3) is 3.17. The Hall–Kier alpha value is -1.69. The number of pyridine rings is 1. The topological polar surface area (TPSA) is 91.3 Å². The van der Waals surface area contributed by atoms with E-state index in [2.05, 4.69) is 4.98 Å². The van der Waals surface area contributed by atoms with Crippen molar-refractivity contribution >= 4 is 5.82 Å². The summed E-state index contributed by atoms with van der Waals surface area (Å²) in [5, 5.41) is 10.6. The second-order valence-electron chi connectivity index (χ2n) is 3.23. The van der Waals surface area contributed by atoms with E-state index in [0.717, 1.165) is 0 Å². The maximum atomic E-state index is 10.6. The monoisotopic (exact) mass is 211 g/mol. The van der Waals surface area contributed by atoms with Crippen molar-refractivity contribution in [2.75, 3.05) is 13.2 Å². The lowest BCUT2D eigenvalue weighted by molar-refractivity contribution is -0.390. The van der Waals surface area contributed by atoms with Gasteiger partial charge in [0.1, 0.15) is 6.20 Å². The molecule has 2 N–H and O–H groups in total. The molecule has 0 aromatic carbocycles. The molecule has 0 aliphatic heterocycles. The zero-order chi connectivity index (χ0) is 11.3. The van der Waals surface area contributed by atoms with Crippen LogP contribution in [0.1, 0.15) is 6.92 Å². The number of hydrogen-bond donors (Lipinski definition) is 1. The predicted molar refractivity (Wildman–Crippen MR) is 54.6 cm³/mol. The number of nitrogens with zero attached hydrogens (tertiary/aromatic N) is 2. The fourth-order valence-corrected chi connectivity index (χ4v) is 0.932. The van der Waals surface area contributed by atoms with Crippen molar-refractivity contribution in [2.24, 2.45) is 11.7 Å². The average Bonchev–Trinajstić information content (AvgIpc) is 2.26. The third-order valence-electron chi connectivity index (χ3n) is 1.85. The van der Waals surface area contributed by atoms with Crippen LogP contribution in [0.4, 0.5) is 5.82 Å². The van der Waals surface area contributed by atoms with Crippen molar-refractivity contribution in [1.82, 2.24) is 4.98 Å². The number of aromatic nitrogens is 1. The van der Waals surface area contributed by atoms with Gasteiger partial charge < -0.3 is 20.6 Å². The smallest absolute Gasteiger partial charge is 0.406 e. The lowest BCUT2D eigenvalue weighted by atomic mass is 10.2. The molecule has 0 aliphatic rings. The molecule has 82 valence electrons. The summed E-state index contributed by atoms with van der Waals surface area (Å²) in [5.74, 6) is 0.0781. The van der Waals surface area contributed by atoms with Crippen LogP contribution in [0.25, 0.3) is 0 Å². The van der Waals surface area contributed by atoms with Gasteiger partial charge in [0.25, 0.3) is 0 Å². The van der Waals surface area contributed by atoms with E-state index in [4.69, 9.17) is 10.5 Å². The largest absolute Gasteiger partial charge is 0.485 e. The highest BCUT2D eigenvalue weighted by Gasteiger charge is 2.15. The molecule has 0 saturated carbocycles. The molecular formula is C9H13N3O3. The Balaban J connectivity index is 2.72. The third-order valence-corrected chi connectivity index (χ3v) is 1.85. The molecule has 1 aromatic heterocycles. The second-order valence-corrected chi connectivity index (χ2v) is 3.23. The number of nitro groups is 1. The van der Waals surface area contributed by atoms with Gasteiger partial charge in [-0.3, -0.25) is 0 Å². The molecule has 0 aliphatic carbocycles. The summed E-state index contributed by atoms with van der Waals surface area (Å²) in [6.45, 7) is 2.74. The van der Waals surface area contributed by atoms with Gasteiger partial charge in [-0.05, 0) is 28.6 Å². The van der Waals surface area contributed by atoms with Crippen molar-refractivity contribution in [3.05, 3.63) is 28.4 Å². The Bertz CT molecular complexity index is 343. The second kappa shape index (κ2) is 5.26. The molecule has 0 radical (unpaired) electrons. The molecule has 6 heteroatoms. The normalized spacial score (nSPS) is 12.1. The Morgan fingerprint density at radius 2 is 2.47 bits per heavy atom. The highest BCUT2D eigenvalue weighted by atomic mass is 16.6. The Morgan fingerprint density at radius 1 is 1.73 bits per heavy atom. The zero-order valence-corrected chi connectivity index (χ0v) is 8.42. The van der Waals surface area contributed by atoms with Crippen LogP contribution < -0.4 is 10.5 Å². The molecule has 1 atom stereocenters. The molecule has 1 unspecified atom stereocenters. The summed E-state index contributed by atoms with van der Waals surface area (Å²) in [5.41, 5.74) is 5.40. The van der Waals surface area contributed by atoms with Gasteiger partial charge in [-0.1, -0.05) is 6.92 Å². The fraction of sp³-hybridized carbons (Fsp3) is 0.444. The summed E-state index contributed by atoms with van der Waals surface area (Å²) >= 11 is 0. The summed E-state index contributed by atoms with van der Waals surface area (Å²) in [4.78, 5) is 13.6. The van der Waals surface area contributed by atoms with Gasteiger partial charge in [-0.15, -0.1) is 0 Å². The molecule has 1 aromatic rings. The van der Waals surface area contributed by atoms with Crippen molar-refractivity contribution in [2.45, 2.75) is 6.92 Å². The highest BCUT2D eigenvalue weighted by Crippen LogP contribution is 2.23. The van der Waals surface area contributed by atoms with Gasteiger partial charge in [0, 0.05) is 5.92 Å². The van der Waals surface area contributed by atoms with E-state index in [-0.39, 0.29) is 17.5 Å². The van der Waals surface area contributed by atoms with Crippen LogP contribution in [0, 0.1) is 16.0 Å². The Kier molecular flexibility index (Phi) is 3.99. The molecule has 0 saturated heterocycles. The van der Waals surface area contributed by atoms with Crippen molar-refractivity contribution in [3.8, 4) is 5.75 Å². The first-order valence-corrected chi connectivity index (χ1v) is 4.57. The van der Waals surface area contributed by atoms with E-state index in [0.29, 0.717) is 13.2 Å². The van der Waals surface area contributed by atoms with Gasteiger partial charge in [0.2, 0.25) is 5.75 Å². The predicted octanol–water partition coefficient (Wildman–Crippen LogP) is 0.963. The van der Waals surface area contributed by atoms with Crippen LogP contribution >= 0.6 is 0 Å². The van der Waals surface area contributed by atoms with Crippen LogP contribution in [-0.4, -0.2) is 23.1 Å². The minimum atomic E-state index is -0.567. The van der Waals surface area contributed by atoms with Crippen LogP contribution in [0.15, 0.2) is 18.3 Å². The van der Waals surface area contributed by atoms with Gasteiger partial charge in [-0.25, -0.2) is 0 Å². The number of nitrogens with two attached hydrogens (primary N) is 1. The molecule has 6 nitrogen and oxygen atoms in total. The number of hydrogen-bond acceptors (Lipinski definition) is 5. The lowest BCUT2D eigenvalue weighted by Gasteiger charge is -2.10. The van der Waals surface area contributed by atoms with Crippen molar-refractivity contribution in [3.63, 3.8) is 0 Å². The first-order chi connectivity index (χ1) is 7.15. The van der Waals surface area contributed by atoms with Crippen molar-refractivity contribution < 1.29 is 9.66 Å². The molecule has 1 heterocycles. The summed E-state index contributed by atoms with van der Waals surface area (Å²) in [7, 11) is 0. The van der Waals surface area contributed by atoms with E-state index in [9.17, 15) is 10.1 Å². The van der Waals surface area contributed by atoms with Gasteiger partial charge in [-0.2, -0.15) is 0 Å². The Labute approximate surface area is 87.2 Å². The SMILES string of the molecule is CC(CN)COc1cccnc1[N+](=O)[O-]. The zero-order valence-electron chi connectivity index (χ0n) is 8.42. The molecule has 0 bridgehead atoms. The molecule has 1 rings (SSSR count). The average molecular weight is 211 g/mol. The van der Waals surface area contributed by atoms with E-state index < -0.39 is 4.92 Å². The molecule has 0 spiro atoms. The number of ether oxygens (including phenoxy) is 1. The van der Waals surface area contributed by atoms with Gasteiger partial charge >= 0.3 is 5.82 Å². The van der Waals surface area contributed by atoms with E-state index in [1.165, 1.54) is 12.3 Å². The van der Waals surface area contributed by atoms with E-state index in [1.807, 2.05) is 6.92 Å². The summed E-state index contributed by atoms with van der Waals surface area (Å²) in [6.07, 6.45) is 1.36. The van der Waals surface area contributed by atoms with Crippen LogP contribution in [0.2, 0.25) is 0 Å². The maximum absolute atomic E-state index is 10.6. The summed E-state index contributed by atoms with van der Waals surface area (Å²) < 4.78 is 5.27. The molecular weight excluding hydrogens is 198 g/mol. The van der Waals surface area contributed by atoms with Gasteiger partial charge in [0.15, 0.2) is 0 Å². The highest BCUT2D eigenvalue weighted by molar-refractivity contribution is 5.38. The minimum Gasteiger partial charge on any atom is -0.485 e. The van der Waals surface area contributed by atoms with E-state index in [1.54, 1.807) is 6.07 Å². The minimum absolute atomic E-state index is 0.157. The number of rotatable bonds is 5. The van der Waals surface area contributed by atoms with E-state index >= 15 is 0 Å². The molecule has 15 heavy (non-hydrogen) atoms. The maximum Gasteiger partial charge on any atom is 0.406 e. The van der Waals surface area contributed by atoms with Crippen LogP contribution in [-0.2, 0) is 0 Å². The molecule has 0 amide bonds. The fourth-order valence-electron chi connectivity index (χ4n) is 0.932. The first kappa shape index (κ1) is 11.4. The molecule has 0 fully saturated rings. The summed E-state index contributed by atoms with van der Waals surface area (Å²) in [6, 6.07) is 3.11. The first-order valence-electron chi connectivity index (χ1n) is 4.57. The van der Waals surface area contributed by atoms with Crippen LogP contribution in [0.3, 0.4) is 0 Å². The lowest BCUT2D eigenvalue weighted by Crippen LogP contribution is -2.18. The Morgan fingerprint density at radius 3 is 3.07 bits per heavy atom. The van der Waals surface area contributed by atoms with Crippen LogP contribution in [0.5, 0.6) is 5.75 Å². The van der Waals surface area contributed by atoms with Gasteiger partial charge in [0.05, 0.1) is 6.61 Å². The van der Waals surface area contributed by atoms with Crippen molar-refractivity contribution in [1.29, 1.82) is 0 Å². The standard InChI is InChI=1S/C9H13N3O3/c1-7(5-10)6-15-8-3-2-4-11-9(8)12(13)14/h2-4,7H,5-6,10H2,1H3. The quantitative estimate of drug-likeness (QED) is 0.578.